The Morgan fingerprint density at radius 2 is 1.77 bits per heavy atom. The van der Waals surface area contributed by atoms with Crippen molar-refractivity contribution in [3.05, 3.63) is 45.6 Å². The number of ether oxygens (including phenoxy) is 2. The van der Waals surface area contributed by atoms with Gasteiger partial charge in [0, 0.05) is 24.3 Å². The van der Waals surface area contributed by atoms with Gasteiger partial charge in [-0.25, -0.2) is 4.79 Å². The van der Waals surface area contributed by atoms with Crippen molar-refractivity contribution in [1.82, 2.24) is 10.2 Å². The van der Waals surface area contributed by atoms with Gasteiger partial charge in [-0.1, -0.05) is 25.4 Å². The van der Waals surface area contributed by atoms with Gasteiger partial charge < -0.3 is 25.4 Å². The maximum Gasteiger partial charge on any atom is 0.414 e. The number of nitrogens with zero attached hydrogens (tertiary/aromatic N) is 3. The second-order valence-corrected chi connectivity index (χ2v) is 12.4. The summed E-state index contributed by atoms with van der Waals surface area (Å²) in [7, 11) is 0. The third kappa shape index (κ3) is 8.91. The molecule has 1 aromatic carbocycles. The van der Waals surface area contributed by atoms with Crippen molar-refractivity contribution in [2.24, 2.45) is 11.7 Å². The summed E-state index contributed by atoms with van der Waals surface area (Å²) in [5.74, 6) is -1.45. The van der Waals surface area contributed by atoms with E-state index in [0.717, 1.165) is 16.2 Å². The molecule has 15 heteroatoms. The summed E-state index contributed by atoms with van der Waals surface area (Å²) in [6.45, 7) is 5.21. The number of nitrogens with one attached hydrogen (secondary N) is 1. The van der Waals surface area contributed by atoms with Gasteiger partial charge in [0.1, 0.15) is 12.7 Å². The average molecular weight is 671 g/mol. The van der Waals surface area contributed by atoms with Crippen LogP contribution in [0.1, 0.15) is 42.8 Å². The molecule has 240 valence electrons. The highest BCUT2D eigenvalue weighted by atomic mass is 35.5. The summed E-state index contributed by atoms with van der Waals surface area (Å²) >= 11 is 7.11. The molecule has 2 atom stereocenters. The van der Waals surface area contributed by atoms with E-state index in [0.29, 0.717) is 53.1 Å². The Balaban J connectivity index is 0.00000529. The lowest BCUT2D eigenvalue weighted by Crippen LogP contribution is -2.45. The van der Waals surface area contributed by atoms with Crippen molar-refractivity contribution >= 4 is 76.4 Å². The normalized spacial score (nSPS) is 17.3. The first kappa shape index (κ1) is 35.3. The molecule has 12 nitrogen and oxygen atoms in total. The maximum absolute atomic E-state index is 13.4. The molecule has 2 aliphatic rings. The average Bonchev–Trinajstić information content (AvgIpc) is 3.58. The summed E-state index contributed by atoms with van der Waals surface area (Å²) in [5, 5.41) is 3.11. The molecule has 1 aromatic heterocycles. The van der Waals surface area contributed by atoms with Crippen LogP contribution in [0, 0.1) is 5.92 Å². The molecule has 5 amide bonds. The molecule has 0 saturated carbocycles. The smallest absolute Gasteiger partial charge is 0.414 e. The molecule has 4 rings (SSSR count). The minimum absolute atomic E-state index is 0. The van der Waals surface area contributed by atoms with Gasteiger partial charge in [0.05, 0.1) is 35.0 Å². The highest BCUT2D eigenvalue weighted by molar-refractivity contribution is 7.18. The summed E-state index contributed by atoms with van der Waals surface area (Å²) in [6, 6.07) is 9.63. The Kier molecular flexibility index (Phi) is 13.0. The van der Waals surface area contributed by atoms with Crippen molar-refractivity contribution in [2.75, 3.05) is 49.2 Å². The summed E-state index contributed by atoms with van der Waals surface area (Å²) in [6.07, 6.45) is -0.201. The van der Waals surface area contributed by atoms with E-state index in [1.807, 2.05) is 13.8 Å². The topological polar surface area (TPSA) is 152 Å². The number of benzene rings is 1. The van der Waals surface area contributed by atoms with E-state index >= 15 is 0 Å². The number of hydrogen-bond donors (Lipinski definition) is 2. The van der Waals surface area contributed by atoms with Crippen molar-refractivity contribution < 1.29 is 33.4 Å². The number of cyclic esters (lactones) is 1. The minimum Gasteiger partial charge on any atom is -0.442 e. The molecule has 2 aliphatic heterocycles. The van der Waals surface area contributed by atoms with Crippen LogP contribution in [0.15, 0.2) is 36.4 Å². The molecule has 3 N–H and O–H groups in total. The number of rotatable bonds is 13. The predicted octanol–water partition coefficient (Wildman–Crippen LogP) is 3.45. The first-order valence-corrected chi connectivity index (χ1v) is 15.3. The minimum atomic E-state index is -0.750. The van der Waals surface area contributed by atoms with E-state index in [-0.39, 0.29) is 50.3 Å². The Morgan fingerprint density at radius 3 is 2.36 bits per heavy atom. The molecule has 0 spiro atoms. The van der Waals surface area contributed by atoms with Crippen LogP contribution in [0.3, 0.4) is 0 Å². The van der Waals surface area contributed by atoms with E-state index in [1.54, 1.807) is 41.3 Å². The van der Waals surface area contributed by atoms with Crippen molar-refractivity contribution in [2.45, 2.75) is 45.3 Å². The Hall–Kier alpha value is -3.23. The van der Waals surface area contributed by atoms with Crippen molar-refractivity contribution in [3.63, 3.8) is 0 Å². The largest absolute Gasteiger partial charge is 0.442 e. The number of hydrogen-bond acceptors (Lipinski definition) is 9. The molecule has 0 aliphatic carbocycles. The van der Waals surface area contributed by atoms with E-state index in [9.17, 15) is 24.0 Å². The van der Waals surface area contributed by atoms with Crippen LogP contribution < -0.4 is 20.9 Å². The number of amides is 5. The molecular formula is C29H37Cl2N5O7S. The number of thiophene rings is 1. The molecule has 2 saturated heterocycles. The second-order valence-electron chi connectivity index (χ2n) is 10.7. The lowest BCUT2D eigenvalue weighted by atomic mass is 10.0. The summed E-state index contributed by atoms with van der Waals surface area (Å²) in [4.78, 5) is 67.7. The number of carbonyl (C=O) groups is 5. The number of nitrogens with two attached hydrogens (primary N) is 1. The highest BCUT2D eigenvalue weighted by Crippen LogP contribution is 2.27. The lowest BCUT2D eigenvalue weighted by Gasteiger charge is -2.27. The first-order valence-electron chi connectivity index (χ1n) is 14.1. The predicted molar refractivity (Wildman–Crippen MR) is 170 cm³/mol. The van der Waals surface area contributed by atoms with Gasteiger partial charge in [-0.2, -0.15) is 0 Å². The molecular weight excluding hydrogens is 633 g/mol. The van der Waals surface area contributed by atoms with Crippen LogP contribution in [0.5, 0.6) is 0 Å². The van der Waals surface area contributed by atoms with Gasteiger partial charge in [-0.3, -0.25) is 29.0 Å². The zero-order chi connectivity index (χ0) is 31.1. The van der Waals surface area contributed by atoms with Gasteiger partial charge >= 0.3 is 6.09 Å². The molecule has 0 unspecified atom stereocenters. The van der Waals surface area contributed by atoms with E-state index in [2.05, 4.69) is 5.32 Å². The zero-order valence-electron chi connectivity index (χ0n) is 24.5. The van der Waals surface area contributed by atoms with Crippen LogP contribution in [0.25, 0.3) is 0 Å². The highest BCUT2D eigenvalue weighted by Gasteiger charge is 2.36. The fraction of sp³-hybridized carbons (Fsp3) is 0.483. The monoisotopic (exact) mass is 669 g/mol. The molecule has 2 aromatic rings. The van der Waals surface area contributed by atoms with Crippen LogP contribution in [-0.4, -0.2) is 86.2 Å². The number of anilines is 2. The fourth-order valence-electron chi connectivity index (χ4n) is 4.95. The van der Waals surface area contributed by atoms with Crippen LogP contribution >= 0.6 is 35.3 Å². The molecule has 2 fully saturated rings. The Bertz CT molecular complexity index is 1340. The van der Waals surface area contributed by atoms with Crippen LogP contribution in [0.2, 0.25) is 4.34 Å². The molecule has 3 heterocycles. The fourth-order valence-corrected chi connectivity index (χ4v) is 5.95. The summed E-state index contributed by atoms with van der Waals surface area (Å²) in [5.41, 5.74) is 6.70. The number of imide groups is 1. The number of primary amides is 1. The van der Waals surface area contributed by atoms with E-state index in [4.69, 9.17) is 26.8 Å². The third-order valence-corrected chi connectivity index (χ3v) is 8.42. The maximum atomic E-state index is 13.4. The number of unbranched alkanes of at least 4 members (excludes halogenated alkanes) is 1. The molecule has 0 radical (unpaired) electrons. The van der Waals surface area contributed by atoms with Gasteiger partial charge in [0.15, 0.2) is 0 Å². The number of morpholine rings is 1. The number of halogens is 2. The lowest BCUT2D eigenvalue weighted by molar-refractivity contribution is -0.129. The third-order valence-electron chi connectivity index (χ3n) is 7.20. The van der Waals surface area contributed by atoms with E-state index < -0.39 is 36.0 Å². The first-order chi connectivity index (χ1) is 20.5. The SMILES string of the molecule is CC(C)[C@H](NCCCCC(=O)N(C[C@H]1CN(c2ccc(N3CCOCC3=O)cc2)C(=O)O1)C(=O)c1ccc(Cl)s1)C(N)=O.Cl. The Morgan fingerprint density at radius 1 is 1.09 bits per heavy atom. The van der Waals surface area contributed by atoms with Gasteiger partial charge in [0.2, 0.25) is 11.8 Å². The zero-order valence-corrected chi connectivity index (χ0v) is 26.9. The Labute approximate surface area is 271 Å². The second kappa shape index (κ2) is 16.2. The van der Waals surface area contributed by atoms with Gasteiger partial charge in [-0.15, -0.1) is 23.7 Å². The number of carbonyl (C=O) groups excluding carboxylic acids is 5. The molecule has 0 bridgehead atoms. The standard InChI is InChI=1S/C29H36ClN5O7S.ClH/c1-18(2)26(27(31)38)32-12-4-3-5-24(36)35(28(39)22-10-11-23(30)43-22)16-21-15-34(29(40)42-21)20-8-6-19(7-9-20)33-13-14-41-17-25(33)37;/h6-11,18,21,26,32H,3-5,12-17H2,1-2H3,(H2,31,38);1H/t21-,26+;/m1./s1. The summed E-state index contributed by atoms with van der Waals surface area (Å²) < 4.78 is 11.2. The van der Waals surface area contributed by atoms with Crippen molar-refractivity contribution in [3.8, 4) is 0 Å². The van der Waals surface area contributed by atoms with E-state index in [1.165, 1.54) is 4.90 Å². The van der Waals surface area contributed by atoms with Gasteiger partial charge in [-0.05, 0) is 61.7 Å². The quantitative estimate of drug-likeness (QED) is 0.308. The van der Waals surface area contributed by atoms with Crippen LogP contribution in [-0.2, 0) is 23.9 Å². The van der Waals surface area contributed by atoms with Crippen LogP contribution in [0.4, 0.5) is 16.2 Å². The molecule has 44 heavy (non-hydrogen) atoms. The van der Waals surface area contributed by atoms with Crippen molar-refractivity contribution in [1.29, 1.82) is 0 Å². The van der Waals surface area contributed by atoms with Gasteiger partial charge in [0.25, 0.3) is 11.8 Å².